The Balaban J connectivity index is 2.93. The van der Waals surface area contributed by atoms with Crippen LogP contribution in [-0.4, -0.2) is 22.6 Å². The number of nitrogens with zero attached hydrogens (tertiary/aromatic N) is 1. The van der Waals surface area contributed by atoms with Crippen molar-refractivity contribution in [3.8, 4) is 5.75 Å². The predicted molar refractivity (Wildman–Crippen MR) is 65.1 cm³/mol. The summed E-state index contributed by atoms with van der Waals surface area (Å²) in [6.07, 6.45) is 2.76. The first kappa shape index (κ1) is 14.0. The van der Waals surface area contributed by atoms with Crippen LogP contribution in [-0.2, 0) is 0 Å². The van der Waals surface area contributed by atoms with Crippen molar-refractivity contribution in [2.45, 2.75) is 26.2 Å². The first-order chi connectivity index (χ1) is 8.57. The predicted octanol–water partition coefficient (Wildman–Crippen LogP) is 2.86. The van der Waals surface area contributed by atoms with Crippen molar-refractivity contribution in [1.82, 2.24) is 0 Å². The summed E-state index contributed by atoms with van der Waals surface area (Å²) in [5.74, 6) is -1.32. The van der Waals surface area contributed by atoms with Gasteiger partial charge in [0.1, 0.15) is 5.56 Å². The Morgan fingerprint density at radius 2 is 2.17 bits per heavy atom. The van der Waals surface area contributed by atoms with Crippen LogP contribution in [0.5, 0.6) is 5.75 Å². The molecule has 0 spiro atoms. The van der Waals surface area contributed by atoms with E-state index >= 15 is 0 Å². The van der Waals surface area contributed by atoms with Gasteiger partial charge in [0.15, 0.2) is 5.75 Å². The molecule has 0 amide bonds. The van der Waals surface area contributed by atoms with Crippen LogP contribution in [0.15, 0.2) is 18.2 Å². The first-order valence-corrected chi connectivity index (χ1v) is 5.71. The zero-order valence-electron chi connectivity index (χ0n) is 10.1. The SMILES string of the molecule is CCCCCOc1cccc(C(=O)O)c1[N+](=O)[O-]. The molecule has 0 atom stereocenters. The number of carboxylic acids is 1. The van der Waals surface area contributed by atoms with E-state index in [9.17, 15) is 14.9 Å². The minimum absolute atomic E-state index is 0.0102. The number of benzene rings is 1. The molecule has 1 aromatic carbocycles. The number of carbonyl (C=O) groups is 1. The number of rotatable bonds is 7. The lowest BCUT2D eigenvalue weighted by atomic mass is 10.1. The molecule has 0 fully saturated rings. The van der Waals surface area contributed by atoms with Crippen molar-refractivity contribution in [1.29, 1.82) is 0 Å². The standard InChI is InChI=1S/C12H15NO5/c1-2-3-4-8-18-10-7-5-6-9(12(14)15)11(10)13(16)17/h5-7H,2-4,8H2,1H3,(H,14,15). The van der Waals surface area contributed by atoms with Crippen LogP contribution in [0.3, 0.4) is 0 Å². The van der Waals surface area contributed by atoms with Gasteiger partial charge in [-0.3, -0.25) is 10.1 Å². The van der Waals surface area contributed by atoms with Gasteiger partial charge in [-0.25, -0.2) is 4.79 Å². The quantitative estimate of drug-likeness (QED) is 0.458. The molecule has 0 saturated carbocycles. The van der Waals surface area contributed by atoms with Gasteiger partial charge in [-0.1, -0.05) is 25.8 Å². The highest BCUT2D eigenvalue weighted by molar-refractivity contribution is 5.93. The molecule has 0 aliphatic heterocycles. The van der Waals surface area contributed by atoms with E-state index in [1.54, 1.807) is 0 Å². The monoisotopic (exact) mass is 253 g/mol. The number of hydrogen-bond acceptors (Lipinski definition) is 4. The molecular weight excluding hydrogens is 238 g/mol. The van der Waals surface area contributed by atoms with E-state index in [0.29, 0.717) is 6.61 Å². The summed E-state index contributed by atoms with van der Waals surface area (Å²) in [5, 5.41) is 19.8. The molecule has 98 valence electrons. The Bertz CT molecular complexity index is 444. The molecule has 6 nitrogen and oxygen atoms in total. The Hall–Kier alpha value is -2.11. The Morgan fingerprint density at radius 3 is 2.72 bits per heavy atom. The largest absolute Gasteiger partial charge is 0.487 e. The van der Waals surface area contributed by atoms with E-state index in [4.69, 9.17) is 9.84 Å². The van der Waals surface area contributed by atoms with Crippen molar-refractivity contribution in [3.05, 3.63) is 33.9 Å². The minimum atomic E-state index is -1.33. The van der Waals surface area contributed by atoms with Crippen molar-refractivity contribution >= 4 is 11.7 Å². The zero-order valence-corrected chi connectivity index (χ0v) is 10.1. The molecule has 0 saturated heterocycles. The fourth-order valence-electron chi connectivity index (χ4n) is 1.53. The van der Waals surface area contributed by atoms with Gasteiger partial charge in [0.05, 0.1) is 11.5 Å². The Kier molecular flexibility index (Phi) is 5.10. The van der Waals surface area contributed by atoms with E-state index < -0.39 is 16.6 Å². The summed E-state index contributed by atoms with van der Waals surface area (Å²) < 4.78 is 5.29. The molecular formula is C12H15NO5. The van der Waals surface area contributed by atoms with Gasteiger partial charge in [-0.15, -0.1) is 0 Å². The maximum absolute atomic E-state index is 10.9. The van der Waals surface area contributed by atoms with Crippen molar-refractivity contribution in [2.75, 3.05) is 6.61 Å². The number of unbranched alkanes of at least 4 members (excludes halogenated alkanes) is 2. The maximum Gasteiger partial charge on any atom is 0.342 e. The van der Waals surface area contributed by atoms with Gasteiger partial charge in [0.2, 0.25) is 0 Å². The molecule has 0 heterocycles. The highest BCUT2D eigenvalue weighted by atomic mass is 16.6. The van der Waals surface area contributed by atoms with E-state index in [2.05, 4.69) is 0 Å². The fraction of sp³-hybridized carbons (Fsp3) is 0.417. The first-order valence-electron chi connectivity index (χ1n) is 5.71. The van der Waals surface area contributed by atoms with Crippen LogP contribution in [0, 0.1) is 10.1 Å². The highest BCUT2D eigenvalue weighted by Crippen LogP contribution is 2.30. The summed E-state index contributed by atoms with van der Waals surface area (Å²) in [6, 6.07) is 4.04. The number of carboxylic acid groups (broad SMARTS) is 1. The Labute approximate surface area is 104 Å². The van der Waals surface area contributed by atoms with E-state index in [1.165, 1.54) is 18.2 Å². The summed E-state index contributed by atoms with van der Waals surface area (Å²) >= 11 is 0. The average Bonchev–Trinajstić information content (AvgIpc) is 2.33. The van der Waals surface area contributed by atoms with Crippen LogP contribution >= 0.6 is 0 Å². The number of aromatic carboxylic acids is 1. The van der Waals surface area contributed by atoms with Crippen molar-refractivity contribution in [2.24, 2.45) is 0 Å². The Morgan fingerprint density at radius 1 is 1.44 bits per heavy atom. The second-order valence-electron chi connectivity index (χ2n) is 3.77. The lowest BCUT2D eigenvalue weighted by Gasteiger charge is -2.07. The summed E-state index contributed by atoms with van der Waals surface area (Å²) in [4.78, 5) is 21.1. The second-order valence-corrected chi connectivity index (χ2v) is 3.77. The summed E-state index contributed by atoms with van der Waals surface area (Å²) in [7, 11) is 0. The minimum Gasteiger partial charge on any atom is -0.487 e. The third-order valence-electron chi connectivity index (χ3n) is 2.42. The van der Waals surface area contributed by atoms with E-state index in [1.807, 2.05) is 6.92 Å². The molecule has 0 bridgehead atoms. The van der Waals surface area contributed by atoms with Gasteiger partial charge in [-0.2, -0.15) is 0 Å². The van der Waals surface area contributed by atoms with E-state index in [-0.39, 0.29) is 11.3 Å². The van der Waals surface area contributed by atoms with Crippen LogP contribution in [0.25, 0.3) is 0 Å². The highest BCUT2D eigenvalue weighted by Gasteiger charge is 2.25. The smallest absolute Gasteiger partial charge is 0.342 e. The maximum atomic E-state index is 10.9. The van der Waals surface area contributed by atoms with Crippen molar-refractivity contribution < 1.29 is 19.6 Å². The molecule has 0 radical (unpaired) electrons. The van der Waals surface area contributed by atoms with Gasteiger partial charge >= 0.3 is 11.7 Å². The molecule has 1 rings (SSSR count). The summed E-state index contributed by atoms with van der Waals surface area (Å²) in [5.41, 5.74) is -0.838. The zero-order chi connectivity index (χ0) is 13.5. The third kappa shape index (κ3) is 3.44. The average molecular weight is 253 g/mol. The van der Waals surface area contributed by atoms with Crippen molar-refractivity contribution in [3.63, 3.8) is 0 Å². The van der Waals surface area contributed by atoms with Crippen LogP contribution in [0.2, 0.25) is 0 Å². The van der Waals surface area contributed by atoms with Crippen LogP contribution in [0.4, 0.5) is 5.69 Å². The summed E-state index contributed by atoms with van der Waals surface area (Å²) in [6.45, 7) is 2.38. The van der Waals surface area contributed by atoms with Gasteiger partial charge < -0.3 is 9.84 Å². The van der Waals surface area contributed by atoms with E-state index in [0.717, 1.165) is 19.3 Å². The number of nitro benzene ring substituents is 1. The van der Waals surface area contributed by atoms with Crippen LogP contribution in [0.1, 0.15) is 36.5 Å². The molecule has 0 aliphatic rings. The molecule has 0 aromatic heterocycles. The molecule has 0 unspecified atom stereocenters. The molecule has 1 aromatic rings. The number of ether oxygens (including phenoxy) is 1. The van der Waals surface area contributed by atoms with Crippen LogP contribution < -0.4 is 4.74 Å². The molecule has 6 heteroatoms. The molecule has 18 heavy (non-hydrogen) atoms. The lowest BCUT2D eigenvalue weighted by molar-refractivity contribution is -0.386. The molecule has 0 aliphatic carbocycles. The normalized spacial score (nSPS) is 10.1. The number of hydrogen-bond donors (Lipinski definition) is 1. The lowest BCUT2D eigenvalue weighted by Crippen LogP contribution is -2.06. The van der Waals surface area contributed by atoms with Gasteiger partial charge in [-0.05, 0) is 18.6 Å². The second kappa shape index (κ2) is 6.58. The van der Waals surface area contributed by atoms with Gasteiger partial charge in [0, 0.05) is 0 Å². The number of nitro groups is 1. The third-order valence-corrected chi connectivity index (χ3v) is 2.42. The fourth-order valence-corrected chi connectivity index (χ4v) is 1.53. The topological polar surface area (TPSA) is 89.7 Å². The number of para-hydroxylation sites is 1. The van der Waals surface area contributed by atoms with Gasteiger partial charge in [0.25, 0.3) is 0 Å². The molecule has 1 N–H and O–H groups in total.